The third-order valence-electron chi connectivity index (χ3n) is 4.93. The molecule has 4 rings (SSSR count). The fraction of sp³-hybridized carbons (Fsp3) is 0.263. The number of hydrogen-bond donors (Lipinski definition) is 2. The summed E-state index contributed by atoms with van der Waals surface area (Å²) in [5.74, 6) is -0.260. The quantitative estimate of drug-likeness (QED) is 0.758. The fourth-order valence-corrected chi connectivity index (χ4v) is 3.45. The lowest BCUT2D eigenvalue weighted by Crippen LogP contribution is -2.31. The van der Waals surface area contributed by atoms with Gasteiger partial charge in [-0.1, -0.05) is 24.3 Å². The summed E-state index contributed by atoms with van der Waals surface area (Å²) in [6.45, 7) is 5.60. The van der Waals surface area contributed by atoms with Crippen molar-refractivity contribution in [3.8, 4) is 0 Å². The van der Waals surface area contributed by atoms with Crippen LogP contribution in [0.2, 0.25) is 0 Å². The number of nitrogens with zero attached hydrogens (tertiary/aromatic N) is 2. The van der Waals surface area contributed by atoms with Gasteiger partial charge in [-0.2, -0.15) is 0 Å². The lowest BCUT2D eigenvalue weighted by atomic mass is 10.00. The maximum Gasteiger partial charge on any atom is 0.354 e. The fourth-order valence-electron chi connectivity index (χ4n) is 3.45. The number of pyridine rings is 1. The summed E-state index contributed by atoms with van der Waals surface area (Å²) in [6, 6.07) is 10.1. The van der Waals surface area contributed by atoms with Gasteiger partial charge in [0, 0.05) is 24.2 Å². The molecule has 1 aliphatic rings. The molecule has 5 nitrogen and oxygen atoms in total. The van der Waals surface area contributed by atoms with Crippen LogP contribution in [0.4, 0.5) is 5.82 Å². The number of fused-ring (bicyclic) bond motifs is 2. The summed E-state index contributed by atoms with van der Waals surface area (Å²) in [5.41, 5.74) is 5.78. The van der Waals surface area contributed by atoms with E-state index in [9.17, 15) is 9.90 Å². The minimum absolute atomic E-state index is 0.0958. The molecule has 1 aliphatic heterocycles. The SMILES string of the molecule is Cc1[nH]c2c(N3CCc4ccccc4C3)nc(C(=O)O)cc2c1C. The monoisotopic (exact) mass is 321 g/mol. The number of carboxylic acids is 1. The molecule has 3 heterocycles. The zero-order chi connectivity index (χ0) is 16.8. The van der Waals surface area contributed by atoms with E-state index in [-0.39, 0.29) is 5.69 Å². The topological polar surface area (TPSA) is 69.2 Å². The van der Waals surface area contributed by atoms with Crippen LogP contribution >= 0.6 is 0 Å². The molecule has 122 valence electrons. The van der Waals surface area contributed by atoms with E-state index in [1.165, 1.54) is 11.1 Å². The molecule has 0 aliphatic carbocycles. The molecule has 0 atom stereocenters. The van der Waals surface area contributed by atoms with Gasteiger partial charge < -0.3 is 15.0 Å². The number of aryl methyl sites for hydroxylation is 2. The zero-order valence-corrected chi connectivity index (χ0v) is 13.8. The molecular formula is C19H19N3O2. The number of aromatic carboxylic acids is 1. The van der Waals surface area contributed by atoms with Crippen LogP contribution in [0.25, 0.3) is 10.9 Å². The number of nitrogens with one attached hydrogen (secondary N) is 1. The first-order valence-corrected chi connectivity index (χ1v) is 8.09. The van der Waals surface area contributed by atoms with Crippen LogP contribution in [0.3, 0.4) is 0 Å². The van der Waals surface area contributed by atoms with E-state index in [4.69, 9.17) is 0 Å². The summed E-state index contributed by atoms with van der Waals surface area (Å²) >= 11 is 0. The van der Waals surface area contributed by atoms with E-state index in [1.54, 1.807) is 6.07 Å². The molecule has 0 bridgehead atoms. The van der Waals surface area contributed by atoms with Crippen LogP contribution in [0, 0.1) is 13.8 Å². The van der Waals surface area contributed by atoms with Crippen LogP contribution < -0.4 is 4.90 Å². The zero-order valence-electron chi connectivity index (χ0n) is 13.8. The first kappa shape index (κ1) is 14.8. The summed E-state index contributed by atoms with van der Waals surface area (Å²) in [7, 11) is 0. The van der Waals surface area contributed by atoms with E-state index >= 15 is 0 Å². The summed E-state index contributed by atoms with van der Waals surface area (Å²) in [4.78, 5) is 21.5. The minimum atomic E-state index is -0.992. The first-order chi connectivity index (χ1) is 11.5. The standard InChI is InChI=1S/C19H19N3O2/c1-11-12(2)20-17-15(11)9-16(19(23)24)21-18(17)22-8-7-13-5-3-4-6-14(13)10-22/h3-6,9,20H,7-8,10H2,1-2H3,(H,23,24). The third kappa shape index (κ3) is 2.24. The highest BCUT2D eigenvalue weighted by atomic mass is 16.4. The second kappa shape index (κ2) is 5.37. The highest BCUT2D eigenvalue weighted by Gasteiger charge is 2.22. The highest BCUT2D eigenvalue weighted by Crippen LogP contribution is 2.32. The number of aromatic nitrogens is 2. The second-order valence-corrected chi connectivity index (χ2v) is 6.37. The Kier molecular flexibility index (Phi) is 3.30. The minimum Gasteiger partial charge on any atom is -0.477 e. The Morgan fingerprint density at radius 2 is 2.00 bits per heavy atom. The Balaban J connectivity index is 1.87. The molecule has 0 spiro atoms. The maximum absolute atomic E-state index is 11.5. The van der Waals surface area contributed by atoms with Crippen LogP contribution in [0.1, 0.15) is 32.9 Å². The molecule has 24 heavy (non-hydrogen) atoms. The summed E-state index contributed by atoms with van der Waals surface area (Å²) in [5, 5.41) is 10.4. The van der Waals surface area contributed by atoms with Gasteiger partial charge in [0.15, 0.2) is 11.5 Å². The average Bonchev–Trinajstić information content (AvgIpc) is 2.88. The predicted molar refractivity (Wildman–Crippen MR) is 93.7 cm³/mol. The smallest absolute Gasteiger partial charge is 0.354 e. The molecule has 5 heteroatoms. The molecule has 0 fully saturated rings. The predicted octanol–water partition coefficient (Wildman–Crippen LogP) is 3.44. The summed E-state index contributed by atoms with van der Waals surface area (Å²) in [6.07, 6.45) is 0.940. The number of rotatable bonds is 2. The molecule has 2 N–H and O–H groups in total. The van der Waals surface area contributed by atoms with Gasteiger partial charge in [-0.3, -0.25) is 0 Å². The molecule has 2 aromatic heterocycles. The molecule has 0 saturated carbocycles. The van der Waals surface area contributed by atoms with Crippen LogP contribution in [0.5, 0.6) is 0 Å². The van der Waals surface area contributed by atoms with Gasteiger partial charge in [0.25, 0.3) is 0 Å². The van der Waals surface area contributed by atoms with Gasteiger partial charge in [0.2, 0.25) is 0 Å². The molecule has 0 amide bonds. The van der Waals surface area contributed by atoms with Crippen LogP contribution in [-0.2, 0) is 13.0 Å². The van der Waals surface area contributed by atoms with E-state index in [2.05, 4.69) is 33.1 Å². The van der Waals surface area contributed by atoms with Crippen molar-refractivity contribution in [2.24, 2.45) is 0 Å². The van der Waals surface area contributed by atoms with Gasteiger partial charge in [-0.25, -0.2) is 9.78 Å². The third-order valence-corrected chi connectivity index (χ3v) is 4.93. The highest BCUT2D eigenvalue weighted by molar-refractivity contribution is 5.98. The maximum atomic E-state index is 11.5. The lowest BCUT2D eigenvalue weighted by Gasteiger charge is -2.30. The van der Waals surface area contributed by atoms with Gasteiger partial charge in [0.05, 0.1) is 5.52 Å². The van der Waals surface area contributed by atoms with Crippen molar-refractivity contribution in [1.82, 2.24) is 9.97 Å². The van der Waals surface area contributed by atoms with Crippen molar-refractivity contribution < 1.29 is 9.90 Å². The number of anilines is 1. The van der Waals surface area contributed by atoms with Crippen molar-refractivity contribution in [2.75, 3.05) is 11.4 Å². The number of benzene rings is 1. The Bertz CT molecular complexity index is 959. The number of carbonyl (C=O) groups is 1. The van der Waals surface area contributed by atoms with Gasteiger partial charge >= 0.3 is 5.97 Å². The molecule has 0 unspecified atom stereocenters. The van der Waals surface area contributed by atoms with Gasteiger partial charge in [0.1, 0.15) is 0 Å². The Morgan fingerprint density at radius 1 is 1.25 bits per heavy atom. The van der Waals surface area contributed by atoms with Crippen molar-refractivity contribution >= 4 is 22.7 Å². The normalized spacial score (nSPS) is 14.0. The Morgan fingerprint density at radius 3 is 2.75 bits per heavy atom. The molecular weight excluding hydrogens is 302 g/mol. The lowest BCUT2D eigenvalue weighted by molar-refractivity contribution is 0.0691. The summed E-state index contributed by atoms with van der Waals surface area (Å²) < 4.78 is 0. The second-order valence-electron chi connectivity index (χ2n) is 6.37. The number of aromatic amines is 1. The van der Waals surface area contributed by atoms with Crippen molar-refractivity contribution in [3.63, 3.8) is 0 Å². The van der Waals surface area contributed by atoms with Gasteiger partial charge in [-0.05, 0) is 43.0 Å². The van der Waals surface area contributed by atoms with Crippen molar-refractivity contribution in [3.05, 3.63) is 58.4 Å². The average molecular weight is 321 g/mol. The van der Waals surface area contributed by atoms with Crippen molar-refractivity contribution in [1.29, 1.82) is 0 Å². The molecule has 1 aromatic carbocycles. The molecule has 0 radical (unpaired) electrons. The van der Waals surface area contributed by atoms with Crippen LogP contribution in [-0.4, -0.2) is 27.6 Å². The first-order valence-electron chi connectivity index (χ1n) is 8.09. The van der Waals surface area contributed by atoms with E-state index in [0.717, 1.165) is 47.5 Å². The number of H-pyrrole nitrogens is 1. The van der Waals surface area contributed by atoms with E-state index < -0.39 is 5.97 Å². The van der Waals surface area contributed by atoms with Crippen LogP contribution in [0.15, 0.2) is 30.3 Å². The molecule has 0 saturated heterocycles. The number of carboxylic acid groups (broad SMARTS) is 1. The number of hydrogen-bond acceptors (Lipinski definition) is 3. The van der Waals surface area contributed by atoms with Crippen molar-refractivity contribution in [2.45, 2.75) is 26.8 Å². The van der Waals surface area contributed by atoms with E-state index in [0.29, 0.717) is 0 Å². The Hall–Kier alpha value is -2.82. The Labute approximate surface area is 139 Å². The van der Waals surface area contributed by atoms with Gasteiger partial charge in [-0.15, -0.1) is 0 Å². The largest absolute Gasteiger partial charge is 0.477 e. The van der Waals surface area contributed by atoms with E-state index in [1.807, 2.05) is 19.9 Å². The molecule has 3 aromatic rings.